The minimum absolute atomic E-state index is 0.141. The second kappa shape index (κ2) is 10.9. The molecule has 4 aromatic rings. The van der Waals surface area contributed by atoms with E-state index in [1.54, 1.807) is 19.1 Å². The van der Waals surface area contributed by atoms with Crippen LogP contribution in [-0.4, -0.2) is 26.0 Å². The van der Waals surface area contributed by atoms with Gasteiger partial charge in [0, 0.05) is 16.9 Å². The van der Waals surface area contributed by atoms with Crippen molar-refractivity contribution in [1.82, 2.24) is 0 Å². The van der Waals surface area contributed by atoms with Gasteiger partial charge in [0.2, 0.25) is 5.91 Å². The van der Waals surface area contributed by atoms with Gasteiger partial charge >= 0.3 is 0 Å². The van der Waals surface area contributed by atoms with Gasteiger partial charge in [-0.2, -0.15) is 0 Å². The van der Waals surface area contributed by atoms with Crippen LogP contribution in [0.1, 0.15) is 57.4 Å². The SMILES string of the molecule is COc1ccc([C@@H]2[C@H](C(=O)Nc3cccc4c3CCCC4)c3ccccc3C(=O)N2c2ccc(OC)cc2)cc1. The van der Waals surface area contributed by atoms with Crippen LogP contribution in [-0.2, 0) is 17.6 Å². The predicted octanol–water partition coefficient (Wildman–Crippen LogP) is 6.71. The number of carbonyl (C=O) groups excluding carboxylic acids is 2. The first-order valence-electron chi connectivity index (χ1n) is 13.7. The maximum Gasteiger partial charge on any atom is 0.259 e. The number of hydrogen-bond donors (Lipinski definition) is 1. The summed E-state index contributed by atoms with van der Waals surface area (Å²) in [5, 5.41) is 3.29. The largest absolute Gasteiger partial charge is 0.497 e. The Labute approximate surface area is 234 Å². The molecule has 6 rings (SSSR count). The van der Waals surface area contributed by atoms with Gasteiger partial charge in [0.1, 0.15) is 11.5 Å². The van der Waals surface area contributed by atoms with E-state index in [1.807, 2.05) is 84.9 Å². The average molecular weight is 533 g/mol. The summed E-state index contributed by atoms with van der Waals surface area (Å²) in [5.74, 6) is 0.460. The van der Waals surface area contributed by atoms with Crippen LogP contribution < -0.4 is 19.7 Å². The lowest BCUT2D eigenvalue weighted by Gasteiger charge is -2.42. The molecular formula is C34H32N2O4. The molecule has 2 amide bonds. The van der Waals surface area contributed by atoms with Crippen LogP contribution in [0, 0.1) is 0 Å². The number of amides is 2. The van der Waals surface area contributed by atoms with Crippen molar-refractivity contribution in [2.75, 3.05) is 24.4 Å². The monoisotopic (exact) mass is 532 g/mol. The third-order valence-electron chi connectivity index (χ3n) is 8.08. The van der Waals surface area contributed by atoms with Gasteiger partial charge in [-0.15, -0.1) is 0 Å². The molecule has 1 aliphatic carbocycles. The van der Waals surface area contributed by atoms with Crippen molar-refractivity contribution in [3.63, 3.8) is 0 Å². The second-order valence-corrected chi connectivity index (χ2v) is 10.3. The molecule has 1 heterocycles. The molecule has 4 aromatic carbocycles. The summed E-state index contributed by atoms with van der Waals surface area (Å²) in [6.07, 6.45) is 4.25. The quantitative estimate of drug-likeness (QED) is 0.300. The van der Waals surface area contributed by atoms with Gasteiger partial charge in [-0.25, -0.2) is 0 Å². The van der Waals surface area contributed by atoms with Crippen LogP contribution in [0.2, 0.25) is 0 Å². The van der Waals surface area contributed by atoms with Crippen molar-refractivity contribution in [3.05, 3.63) is 119 Å². The van der Waals surface area contributed by atoms with Gasteiger partial charge in [-0.1, -0.05) is 42.5 Å². The summed E-state index contributed by atoms with van der Waals surface area (Å²) in [6.45, 7) is 0. The third-order valence-corrected chi connectivity index (χ3v) is 8.08. The Kier molecular flexibility index (Phi) is 6.99. The molecular weight excluding hydrogens is 500 g/mol. The smallest absolute Gasteiger partial charge is 0.259 e. The molecule has 0 saturated carbocycles. The second-order valence-electron chi connectivity index (χ2n) is 10.3. The summed E-state index contributed by atoms with van der Waals surface area (Å²) < 4.78 is 10.8. The molecule has 0 bridgehead atoms. The van der Waals surface area contributed by atoms with E-state index in [2.05, 4.69) is 11.4 Å². The number of nitrogens with one attached hydrogen (secondary N) is 1. The van der Waals surface area contributed by atoms with E-state index >= 15 is 0 Å². The maximum absolute atomic E-state index is 14.4. The Bertz CT molecular complexity index is 1550. The highest BCUT2D eigenvalue weighted by molar-refractivity contribution is 6.12. The number of fused-ring (bicyclic) bond motifs is 2. The predicted molar refractivity (Wildman–Crippen MR) is 156 cm³/mol. The van der Waals surface area contributed by atoms with Crippen molar-refractivity contribution in [1.29, 1.82) is 0 Å². The van der Waals surface area contributed by atoms with Crippen LogP contribution in [0.25, 0.3) is 0 Å². The zero-order chi connectivity index (χ0) is 27.6. The number of carbonyl (C=O) groups is 2. The van der Waals surface area contributed by atoms with Crippen molar-refractivity contribution >= 4 is 23.2 Å². The fourth-order valence-corrected chi connectivity index (χ4v) is 6.10. The molecule has 0 saturated heterocycles. The molecule has 6 nitrogen and oxygen atoms in total. The Balaban J connectivity index is 1.50. The summed E-state index contributed by atoms with van der Waals surface area (Å²) >= 11 is 0. The highest BCUT2D eigenvalue weighted by Gasteiger charge is 2.45. The first kappa shape index (κ1) is 25.7. The molecule has 0 fully saturated rings. The number of nitrogens with zero attached hydrogens (tertiary/aromatic N) is 1. The Hall–Kier alpha value is -4.58. The van der Waals surface area contributed by atoms with Crippen LogP contribution >= 0.6 is 0 Å². The van der Waals surface area contributed by atoms with E-state index in [-0.39, 0.29) is 11.8 Å². The highest BCUT2D eigenvalue weighted by atomic mass is 16.5. The summed E-state index contributed by atoms with van der Waals surface area (Å²) in [6, 6.07) is 28.0. The van der Waals surface area contributed by atoms with Crippen molar-refractivity contribution < 1.29 is 19.1 Å². The molecule has 1 N–H and O–H groups in total. The number of benzene rings is 4. The lowest BCUT2D eigenvalue weighted by Crippen LogP contribution is -2.46. The van der Waals surface area contributed by atoms with Crippen LogP contribution in [0.3, 0.4) is 0 Å². The summed E-state index contributed by atoms with van der Waals surface area (Å²) in [4.78, 5) is 30.3. The topological polar surface area (TPSA) is 67.9 Å². The lowest BCUT2D eigenvalue weighted by atomic mass is 9.78. The number of aryl methyl sites for hydroxylation is 1. The summed E-state index contributed by atoms with van der Waals surface area (Å²) in [5.41, 5.74) is 6.16. The molecule has 202 valence electrons. The molecule has 2 aliphatic rings. The summed E-state index contributed by atoms with van der Waals surface area (Å²) in [7, 11) is 3.23. The molecule has 0 radical (unpaired) electrons. The maximum atomic E-state index is 14.4. The molecule has 0 spiro atoms. The standard InChI is InChI=1S/C34H32N2O4/c1-39-25-18-14-23(15-19-25)32-31(33(37)35-30-13-7-9-22-8-3-4-10-27(22)30)28-11-5-6-12-29(28)34(38)36(32)24-16-20-26(40-2)21-17-24/h5-7,9,11-21,31-32H,3-4,8,10H2,1-2H3,(H,35,37)/t31-,32-/m1/s1. The highest BCUT2D eigenvalue weighted by Crippen LogP contribution is 2.46. The van der Waals surface area contributed by atoms with Crippen molar-refractivity contribution in [3.8, 4) is 11.5 Å². The molecule has 1 aliphatic heterocycles. The third kappa shape index (κ3) is 4.60. The average Bonchev–Trinajstić information content (AvgIpc) is 3.01. The Morgan fingerprint density at radius 1 is 0.800 bits per heavy atom. The van der Waals surface area contributed by atoms with E-state index in [4.69, 9.17) is 9.47 Å². The molecule has 6 heteroatoms. The van der Waals surface area contributed by atoms with E-state index in [0.29, 0.717) is 22.7 Å². The zero-order valence-corrected chi connectivity index (χ0v) is 22.7. The van der Waals surface area contributed by atoms with Crippen molar-refractivity contribution in [2.24, 2.45) is 0 Å². The van der Waals surface area contributed by atoms with Crippen LogP contribution in [0.15, 0.2) is 91.0 Å². The van der Waals surface area contributed by atoms with E-state index in [1.165, 1.54) is 17.5 Å². The van der Waals surface area contributed by atoms with Gasteiger partial charge in [0.05, 0.1) is 26.2 Å². The van der Waals surface area contributed by atoms with E-state index in [0.717, 1.165) is 36.1 Å². The first-order valence-corrected chi connectivity index (χ1v) is 13.7. The lowest BCUT2D eigenvalue weighted by molar-refractivity contribution is -0.118. The molecule has 40 heavy (non-hydrogen) atoms. The van der Waals surface area contributed by atoms with E-state index < -0.39 is 12.0 Å². The van der Waals surface area contributed by atoms with Crippen LogP contribution in [0.5, 0.6) is 11.5 Å². The molecule has 0 unspecified atom stereocenters. The Morgan fingerprint density at radius 2 is 1.48 bits per heavy atom. The van der Waals surface area contributed by atoms with E-state index in [9.17, 15) is 9.59 Å². The van der Waals surface area contributed by atoms with Gasteiger partial charge in [0.15, 0.2) is 0 Å². The number of anilines is 2. The van der Waals surface area contributed by atoms with Gasteiger partial charge in [-0.05, 0) is 96.5 Å². The van der Waals surface area contributed by atoms with Crippen LogP contribution in [0.4, 0.5) is 11.4 Å². The van der Waals surface area contributed by atoms with Gasteiger partial charge in [-0.3, -0.25) is 14.5 Å². The van der Waals surface area contributed by atoms with Gasteiger partial charge in [0.25, 0.3) is 5.91 Å². The fourth-order valence-electron chi connectivity index (χ4n) is 6.10. The molecule has 2 atom stereocenters. The minimum atomic E-state index is -0.649. The number of methoxy groups -OCH3 is 2. The normalized spacial score (nSPS) is 17.9. The first-order chi connectivity index (χ1) is 19.6. The number of hydrogen-bond acceptors (Lipinski definition) is 4. The Morgan fingerprint density at radius 3 is 2.20 bits per heavy atom. The number of rotatable bonds is 6. The molecule has 0 aromatic heterocycles. The minimum Gasteiger partial charge on any atom is -0.497 e. The zero-order valence-electron chi connectivity index (χ0n) is 22.7. The fraction of sp³-hybridized carbons (Fsp3) is 0.235. The number of ether oxygens (including phenoxy) is 2. The van der Waals surface area contributed by atoms with Crippen molar-refractivity contribution in [2.45, 2.75) is 37.6 Å². The van der Waals surface area contributed by atoms with Gasteiger partial charge < -0.3 is 14.8 Å².